The molecule has 1 atom stereocenters. The zero-order valence-electron chi connectivity index (χ0n) is 11.1. The van der Waals surface area contributed by atoms with Gasteiger partial charge < -0.3 is 10.4 Å². The number of aryl methyl sites for hydroxylation is 1. The van der Waals surface area contributed by atoms with E-state index in [0.29, 0.717) is 12.1 Å². The van der Waals surface area contributed by atoms with Crippen molar-refractivity contribution in [1.29, 1.82) is 0 Å². The molecule has 2 N–H and O–H groups in total. The van der Waals surface area contributed by atoms with E-state index in [9.17, 15) is 9.50 Å². The maximum atomic E-state index is 13.4. The van der Waals surface area contributed by atoms with Crippen LogP contribution in [0, 0.1) is 5.82 Å². The summed E-state index contributed by atoms with van der Waals surface area (Å²) in [6.07, 6.45) is 0.913. The minimum Gasteiger partial charge on any atom is -0.394 e. The molecule has 0 aliphatic rings. The maximum Gasteiger partial charge on any atom is 0.142 e. The minimum atomic E-state index is -0.480. The number of aliphatic hydroxyl groups is 1. The van der Waals surface area contributed by atoms with Crippen LogP contribution in [0.3, 0.4) is 0 Å². The molecule has 108 valence electrons. The van der Waals surface area contributed by atoms with Crippen LogP contribution in [-0.4, -0.2) is 16.7 Å². The third-order valence-corrected chi connectivity index (χ3v) is 4.31. The second-order valence-corrected chi connectivity index (χ2v) is 5.73. The second kappa shape index (κ2) is 7.13. The standard InChI is InChI=1S/C14H16ClFN2OS/c1-2-14-18-10(8-20-14)6-17-13(7-19)9-3-4-11(15)12(16)5-9/h3-5,8,13,17,19H,2,6-7H2,1H3. The fourth-order valence-corrected chi connectivity index (χ4v) is 2.70. The normalized spacial score (nSPS) is 12.6. The molecule has 0 radical (unpaired) electrons. The SMILES string of the molecule is CCc1nc(CNC(CO)c2ccc(Cl)c(F)c2)cs1. The Bertz CT molecular complexity index is 576. The number of rotatable bonds is 6. The van der Waals surface area contributed by atoms with Crippen molar-refractivity contribution in [3.8, 4) is 0 Å². The van der Waals surface area contributed by atoms with Crippen molar-refractivity contribution in [2.45, 2.75) is 25.9 Å². The lowest BCUT2D eigenvalue weighted by molar-refractivity contribution is 0.243. The van der Waals surface area contributed by atoms with Gasteiger partial charge in [0, 0.05) is 11.9 Å². The molecule has 1 aromatic heterocycles. The van der Waals surface area contributed by atoms with Gasteiger partial charge >= 0.3 is 0 Å². The van der Waals surface area contributed by atoms with Crippen molar-refractivity contribution < 1.29 is 9.50 Å². The summed E-state index contributed by atoms with van der Waals surface area (Å²) in [6.45, 7) is 2.47. The van der Waals surface area contributed by atoms with Gasteiger partial charge in [-0.2, -0.15) is 0 Å². The number of nitrogens with one attached hydrogen (secondary N) is 1. The molecule has 3 nitrogen and oxygen atoms in total. The molecule has 2 rings (SSSR count). The number of hydrogen-bond acceptors (Lipinski definition) is 4. The number of hydrogen-bond donors (Lipinski definition) is 2. The first kappa shape index (κ1) is 15.4. The first-order valence-electron chi connectivity index (χ1n) is 6.36. The van der Waals surface area contributed by atoms with Crippen LogP contribution in [0.25, 0.3) is 0 Å². The van der Waals surface area contributed by atoms with Crippen LogP contribution in [0.2, 0.25) is 5.02 Å². The van der Waals surface area contributed by atoms with Gasteiger partial charge in [-0.25, -0.2) is 9.37 Å². The highest BCUT2D eigenvalue weighted by molar-refractivity contribution is 7.09. The molecule has 1 heterocycles. The Morgan fingerprint density at radius 2 is 2.30 bits per heavy atom. The van der Waals surface area contributed by atoms with Crippen molar-refractivity contribution in [3.05, 3.63) is 50.7 Å². The summed E-state index contributed by atoms with van der Waals surface area (Å²) in [7, 11) is 0. The zero-order valence-corrected chi connectivity index (χ0v) is 12.6. The predicted molar refractivity (Wildman–Crippen MR) is 79.6 cm³/mol. The van der Waals surface area contributed by atoms with Gasteiger partial charge in [-0.1, -0.05) is 24.6 Å². The van der Waals surface area contributed by atoms with Crippen molar-refractivity contribution in [2.24, 2.45) is 0 Å². The van der Waals surface area contributed by atoms with E-state index in [1.165, 1.54) is 12.1 Å². The van der Waals surface area contributed by atoms with Crippen LogP contribution < -0.4 is 5.32 Å². The quantitative estimate of drug-likeness (QED) is 0.859. The van der Waals surface area contributed by atoms with Crippen LogP contribution in [0.4, 0.5) is 4.39 Å². The lowest BCUT2D eigenvalue weighted by Gasteiger charge is -2.16. The lowest BCUT2D eigenvalue weighted by atomic mass is 10.1. The summed E-state index contributed by atoms with van der Waals surface area (Å²) in [4.78, 5) is 4.44. The predicted octanol–water partition coefficient (Wildman–Crippen LogP) is 3.32. The van der Waals surface area contributed by atoms with E-state index >= 15 is 0 Å². The Morgan fingerprint density at radius 3 is 2.90 bits per heavy atom. The molecule has 0 amide bonds. The minimum absolute atomic E-state index is 0.0810. The molecule has 0 aliphatic heterocycles. The fraction of sp³-hybridized carbons (Fsp3) is 0.357. The summed E-state index contributed by atoms with van der Waals surface area (Å²) >= 11 is 7.27. The third-order valence-electron chi connectivity index (χ3n) is 2.96. The fourth-order valence-electron chi connectivity index (χ4n) is 1.84. The van der Waals surface area contributed by atoms with Gasteiger partial charge in [-0.05, 0) is 24.1 Å². The molecule has 20 heavy (non-hydrogen) atoms. The van der Waals surface area contributed by atoms with Crippen LogP contribution in [-0.2, 0) is 13.0 Å². The van der Waals surface area contributed by atoms with Gasteiger partial charge in [0.2, 0.25) is 0 Å². The number of benzene rings is 1. The van der Waals surface area contributed by atoms with Gasteiger partial charge in [0.25, 0.3) is 0 Å². The van der Waals surface area contributed by atoms with Gasteiger partial charge in [0.15, 0.2) is 0 Å². The highest BCUT2D eigenvalue weighted by Gasteiger charge is 2.12. The molecule has 0 aliphatic carbocycles. The van der Waals surface area contributed by atoms with E-state index in [4.69, 9.17) is 11.6 Å². The molecule has 2 aromatic rings. The molecule has 0 bridgehead atoms. The van der Waals surface area contributed by atoms with Crippen molar-refractivity contribution in [2.75, 3.05) is 6.61 Å². The topological polar surface area (TPSA) is 45.2 Å². The molecule has 1 aromatic carbocycles. The van der Waals surface area contributed by atoms with Gasteiger partial charge in [-0.3, -0.25) is 0 Å². The number of nitrogens with zero attached hydrogens (tertiary/aromatic N) is 1. The van der Waals surface area contributed by atoms with Gasteiger partial charge in [0.1, 0.15) is 5.82 Å². The third kappa shape index (κ3) is 3.76. The summed E-state index contributed by atoms with van der Waals surface area (Å²) in [5.74, 6) is -0.480. The molecular weight excluding hydrogens is 299 g/mol. The van der Waals surface area contributed by atoms with E-state index in [-0.39, 0.29) is 17.7 Å². The van der Waals surface area contributed by atoms with E-state index in [0.717, 1.165) is 17.1 Å². The van der Waals surface area contributed by atoms with Crippen LogP contribution in [0.1, 0.15) is 29.2 Å². The zero-order chi connectivity index (χ0) is 14.5. The number of aliphatic hydroxyl groups excluding tert-OH is 1. The number of halogens is 2. The summed E-state index contributed by atoms with van der Waals surface area (Å²) in [6, 6.07) is 4.20. The number of thiazole rings is 1. The summed E-state index contributed by atoms with van der Waals surface area (Å²) < 4.78 is 13.4. The largest absolute Gasteiger partial charge is 0.394 e. The Kier molecular flexibility index (Phi) is 5.48. The monoisotopic (exact) mass is 314 g/mol. The van der Waals surface area contributed by atoms with Crippen LogP contribution >= 0.6 is 22.9 Å². The van der Waals surface area contributed by atoms with Gasteiger partial charge in [-0.15, -0.1) is 11.3 Å². The Balaban J connectivity index is 2.03. The molecule has 6 heteroatoms. The maximum absolute atomic E-state index is 13.4. The van der Waals surface area contributed by atoms with E-state index in [1.54, 1.807) is 17.4 Å². The molecule has 0 saturated carbocycles. The molecule has 0 fully saturated rings. The molecule has 0 spiro atoms. The lowest BCUT2D eigenvalue weighted by Crippen LogP contribution is -2.24. The highest BCUT2D eigenvalue weighted by Crippen LogP contribution is 2.20. The van der Waals surface area contributed by atoms with Crippen molar-refractivity contribution in [1.82, 2.24) is 10.3 Å². The highest BCUT2D eigenvalue weighted by atomic mass is 35.5. The Hall–Kier alpha value is -1.01. The van der Waals surface area contributed by atoms with E-state index < -0.39 is 5.82 Å². The van der Waals surface area contributed by atoms with Crippen molar-refractivity contribution >= 4 is 22.9 Å². The summed E-state index contributed by atoms with van der Waals surface area (Å²) in [5.41, 5.74) is 1.60. The number of aromatic nitrogens is 1. The Morgan fingerprint density at radius 1 is 1.50 bits per heavy atom. The first-order chi connectivity index (χ1) is 9.63. The summed E-state index contributed by atoms with van der Waals surface area (Å²) in [5, 5.41) is 15.8. The Labute approximate surface area is 126 Å². The smallest absolute Gasteiger partial charge is 0.142 e. The molecule has 0 saturated heterocycles. The van der Waals surface area contributed by atoms with E-state index in [1.807, 2.05) is 5.38 Å². The van der Waals surface area contributed by atoms with Crippen LogP contribution in [0.15, 0.2) is 23.6 Å². The van der Waals surface area contributed by atoms with Crippen molar-refractivity contribution in [3.63, 3.8) is 0 Å². The van der Waals surface area contributed by atoms with Gasteiger partial charge in [0.05, 0.1) is 28.4 Å². The first-order valence-corrected chi connectivity index (χ1v) is 7.62. The molecular formula is C14H16ClFN2OS. The second-order valence-electron chi connectivity index (χ2n) is 4.38. The molecule has 1 unspecified atom stereocenters. The average Bonchev–Trinajstić information content (AvgIpc) is 2.91. The average molecular weight is 315 g/mol. The van der Waals surface area contributed by atoms with E-state index in [2.05, 4.69) is 17.2 Å². The van der Waals surface area contributed by atoms with Crippen LogP contribution in [0.5, 0.6) is 0 Å².